The number of carboxylic acid groups (broad SMARTS) is 1. The molecule has 0 aliphatic heterocycles. The van der Waals surface area contributed by atoms with E-state index in [9.17, 15) is 29.1 Å². The molecule has 0 unspecified atom stereocenters. The van der Waals surface area contributed by atoms with Gasteiger partial charge < -0.3 is 30.0 Å². The highest BCUT2D eigenvalue weighted by atomic mass is 16.8. The summed E-state index contributed by atoms with van der Waals surface area (Å²) in [4.78, 5) is 66.7. The number of carbonyl (C=O) groups is 5. The van der Waals surface area contributed by atoms with Gasteiger partial charge in [0.1, 0.15) is 23.9 Å². The van der Waals surface area contributed by atoms with Crippen molar-refractivity contribution >= 4 is 30.2 Å². The van der Waals surface area contributed by atoms with Crippen LogP contribution < -0.4 is 10.6 Å². The molecule has 1 atom stereocenters. The molecule has 0 radical (unpaired) electrons. The first kappa shape index (κ1) is 32.9. The zero-order chi connectivity index (χ0) is 31.9. The third kappa shape index (κ3) is 9.43. The molecule has 0 fully saturated rings. The first-order valence-electron chi connectivity index (χ1n) is 13.6. The van der Waals surface area contributed by atoms with E-state index < -0.39 is 60.6 Å². The Hall–Kier alpha value is -4.65. The molecule has 232 valence electrons. The van der Waals surface area contributed by atoms with Crippen molar-refractivity contribution in [1.29, 1.82) is 0 Å². The van der Waals surface area contributed by atoms with Crippen LogP contribution in [0.25, 0.3) is 11.1 Å². The summed E-state index contributed by atoms with van der Waals surface area (Å²) in [6.07, 6.45) is -3.41. The Labute approximate surface area is 249 Å². The van der Waals surface area contributed by atoms with Crippen LogP contribution in [0.15, 0.2) is 48.5 Å². The molecule has 3 rings (SSSR count). The number of aliphatic carboxylic acids is 1. The largest absolute Gasteiger partial charge is 0.480 e. The minimum absolute atomic E-state index is 0.0302. The Kier molecular flexibility index (Phi) is 10.4. The molecule has 3 N–H and O–H groups in total. The van der Waals surface area contributed by atoms with E-state index in [4.69, 9.17) is 19.0 Å². The van der Waals surface area contributed by atoms with Crippen LogP contribution in [0.1, 0.15) is 58.6 Å². The molecule has 0 heterocycles. The number of hydrogen-bond donors (Lipinski definition) is 3. The summed E-state index contributed by atoms with van der Waals surface area (Å²) in [5.74, 6) is -2.55. The highest BCUT2D eigenvalue weighted by molar-refractivity contribution is 5.87. The van der Waals surface area contributed by atoms with Crippen LogP contribution >= 0.6 is 0 Å². The first-order chi connectivity index (χ1) is 20.1. The summed E-state index contributed by atoms with van der Waals surface area (Å²) >= 11 is 0. The lowest BCUT2D eigenvalue weighted by Crippen LogP contribution is -2.50. The number of fused-ring (bicyclic) bond motifs is 3. The Morgan fingerprint density at radius 1 is 0.837 bits per heavy atom. The average Bonchev–Trinajstić information content (AvgIpc) is 3.21. The van der Waals surface area contributed by atoms with Crippen LogP contribution in [0, 0.1) is 0 Å². The number of carbonyl (C=O) groups excluding carboxylic acids is 4. The van der Waals surface area contributed by atoms with Crippen LogP contribution in [-0.2, 0) is 28.6 Å². The topological polar surface area (TPSA) is 170 Å². The van der Waals surface area contributed by atoms with E-state index in [1.165, 1.54) is 0 Å². The van der Waals surface area contributed by atoms with Gasteiger partial charge in [-0.3, -0.25) is 4.79 Å². The zero-order valence-electron chi connectivity index (χ0n) is 25.0. The normalized spacial score (nSPS) is 13.2. The van der Waals surface area contributed by atoms with E-state index in [0.717, 1.165) is 22.3 Å². The van der Waals surface area contributed by atoms with Gasteiger partial charge >= 0.3 is 24.2 Å². The van der Waals surface area contributed by atoms with Crippen molar-refractivity contribution in [3.05, 3.63) is 59.7 Å². The Bertz CT molecular complexity index is 1290. The first-order valence-corrected chi connectivity index (χ1v) is 13.6. The standard InChI is InChI=1S/C30H37N3O10/c1-29(2,3)42-27(38)33(28(39)43-30(4,5)6)41-17-24(34)31-15-23(25(35)36)32-26(37)40-16-22-20-13-9-7-11-18(20)19-12-8-10-14-21(19)22/h7-14,22-23H,15-17H2,1-6H3,(H,31,34)(H,32,37)(H,35,36)/t23-/m0/s1. The molecular weight excluding hydrogens is 562 g/mol. The van der Waals surface area contributed by atoms with E-state index in [1.807, 2.05) is 48.5 Å². The lowest BCUT2D eigenvalue weighted by Gasteiger charge is -2.27. The lowest BCUT2D eigenvalue weighted by molar-refractivity contribution is -0.154. The predicted octanol–water partition coefficient (Wildman–Crippen LogP) is 4.20. The van der Waals surface area contributed by atoms with Gasteiger partial charge in [0.15, 0.2) is 6.61 Å². The van der Waals surface area contributed by atoms with Gasteiger partial charge in [-0.05, 0) is 63.8 Å². The third-order valence-corrected chi connectivity index (χ3v) is 5.88. The van der Waals surface area contributed by atoms with Gasteiger partial charge in [-0.25, -0.2) is 24.0 Å². The molecule has 1 aliphatic carbocycles. The number of amides is 4. The molecule has 43 heavy (non-hydrogen) atoms. The summed E-state index contributed by atoms with van der Waals surface area (Å²) in [6, 6.07) is 14.0. The van der Waals surface area contributed by atoms with E-state index in [1.54, 1.807) is 41.5 Å². The fraction of sp³-hybridized carbons (Fsp3) is 0.433. The van der Waals surface area contributed by atoms with Crippen molar-refractivity contribution in [1.82, 2.24) is 15.7 Å². The average molecular weight is 600 g/mol. The second-order valence-electron chi connectivity index (χ2n) is 11.7. The van der Waals surface area contributed by atoms with Crippen LogP contribution in [0.2, 0.25) is 0 Å². The highest BCUT2D eigenvalue weighted by Gasteiger charge is 2.34. The number of nitrogens with zero attached hydrogens (tertiary/aromatic N) is 1. The fourth-order valence-corrected chi connectivity index (χ4v) is 4.16. The molecule has 1 aliphatic rings. The summed E-state index contributed by atoms with van der Waals surface area (Å²) in [7, 11) is 0. The molecule has 2 aromatic rings. The lowest BCUT2D eigenvalue weighted by atomic mass is 9.98. The Morgan fingerprint density at radius 2 is 1.33 bits per heavy atom. The predicted molar refractivity (Wildman–Crippen MR) is 153 cm³/mol. The Morgan fingerprint density at radius 3 is 1.79 bits per heavy atom. The van der Waals surface area contributed by atoms with Crippen molar-refractivity contribution in [2.45, 2.75) is 64.7 Å². The number of nitrogens with one attached hydrogen (secondary N) is 2. The summed E-state index contributed by atoms with van der Waals surface area (Å²) in [5.41, 5.74) is 2.09. The van der Waals surface area contributed by atoms with Gasteiger partial charge in [0, 0.05) is 12.5 Å². The van der Waals surface area contributed by atoms with Crippen molar-refractivity contribution in [3.8, 4) is 11.1 Å². The molecule has 13 nitrogen and oxygen atoms in total. The van der Waals surface area contributed by atoms with Crippen molar-refractivity contribution in [3.63, 3.8) is 0 Å². The maximum atomic E-state index is 12.5. The Balaban J connectivity index is 1.54. The molecule has 4 amide bonds. The van der Waals surface area contributed by atoms with E-state index >= 15 is 0 Å². The number of imide groups is 1. The number of alkyl carbamates (subject to hydrolysis) is 1. The third-order valence-electron chi connectivity index (χ3n) is 5.88. The molecule has 0 spiro atoms. The molecule has 0 bridgehead atoms. The number of ether oxygens (including phenoxy) is 3. The zero-order valence-corrected chi connectivity index (χ0v) is 25.0. The maximum Gasteiger partial charge on any atom is 0.444 e. The monoisotopic (exact) mass is 599 g/mol. The molecule has 2 aromatic carbocycles. The SMILES string of the molecule is CC(C)(C)OC(=O)N(OCC(=O)NC[C@H](NC(=O)OCC1c2ccccc2-c2ccccc21)C(=O)O)C(=O)OC(C)(C)C. The van der Waals surface area contributed by atoms with Gasteiger partial charge in [-0.1, -0.05) is 53.6 Å². The smallest absolute Gasteiger partial charge is 0.444 e. The summed E-state index contributed by atoms with van der Waals surface area (Å²) in [6.45, 7) is 7.98. The van der Waals surface area contributed by atoms with Crippen molar-refractivity contribution in [2.75, 3.05) is 19.8 Å². The molecule has 0 saturated carbocycles. The molecule has 13 heteroatoms. The number of carboxylic acids is 1. The van der Waals surface area contributed by atoms with E-state index in [2.05, 4.69) is 10.6 Å². The van der Waals surface area contributed by atoms with Gasteiger partial charge in [0.25, 0.3) is 0 Å². The van der Waals surface area contributed by atoms with Crippen LogP contribution in [0.3, 0.4) is 0 Å². The van der Waals surface area contributed by atoms with Gasteiger partial charge in [-0.15, -0.1) is 0 Å². The highest BCUT2D eigenvalue weighted by Crippen LogP contribution is 2.44. The summed E-state index contributed by atoms with van der Waals surface area (Å²) in [5, 5.41) is 14.2. The second kappa shape index (κ2) is 13.6. The second-order valence-corrected chi connectivity index (χ2v) is 11.7. The molecule has 0 saturated heterocycles. The fourth-order valence-electron chi connectivity index (χ4n) is 4.16. The van der Waals surface area contributed by atoms with Crippen LogP contribution in [-0.4, -0.2) is 77.3 Å². The van der Waals surface area contributed by atoms with Gasteiger partial charge in [0.05, 0.1) is 0 Å². The number of benzene rings is 2. The number of hydrogen-bond acceptors (Lipinski definition) is 9. The van der Waals surface area contributed by atoms with E-state index in [-0.39, 0.29) is 17.6 Å². The quantitative estimate of drug-likeness (QED) is 0.280. The van der Waals surface area contributed by atoms with Crippen LogP contribution in [0.4, 0.5) is 14.4 Å². The number of rotatable bonds is 9. The van der Waals surface area contributed by atoms with Gasteiger partial charge in [0.2, 0.25) is 5.91 Å². The van der Waals surface area contributed by atoms with Crippen molar-refractivity contribution in [2.24, 2.45) is 0 Å². The summed E-state index contributed by atoms with van der Waals surface area (Å²) < 4.78 is 15.6. The minimum atomic E-state index is -1.55. The van der Waals surface area contributed by atoms with Crippen molar-refractivity contribution < 1.29 is 48.1 Å². The number of hydroxylamine groups is 2. The minimum Gasteiger partial charge on any atom is -0.480 e. The van der Waals surface area contributed by atoms with Crippen LogP contribution in [0.5, 0.6) is 0 Å². The van der Waals surface area contributed by atoms with E-state index in [0.29, 0.717) is 0 Å². The molecule has 0 aromatic heterocycles. The maximum absolute atomic E-state index is 12.5. The van der Waals surface area contributed by atoms with Gasteiger partial charge in [-0.2, -0.15) is 0 Å². The molecular formula is C30H37N3O10.